The van der Waals surface area contributed by atoms with Gasteiger partial charge in [-0.3, -0.25) is 4.79 Å². The lowest BCUT2D eigenvalue weighted by Crippen LogP contribution is -2.27. The number of carbonyl (C=O) groups is 1. The Hall–Kier alpha value is -2.62. The lowest BCUT2D eigenvalue weighted by molar-refractivity contribution is -0.119. The van der Waals surface area contributed by atoms with E-state index in [1.165, 1.54) is 6.92 Å². The Bertz CT molecular complexity index is 701. The normalized spacial score (nSPS) is 12.2. The molecule has 0 saturated carbocycles. The molecule has 1 aromatic heterocycles. The van der Waals surface area contributed by atoms with E-state index in [2.05, 4.69) is 15.3 Å². The van der Waals surface area contributed by atoms with Gasteiger partial charge in [0.05, 0.1) is 11.0 Å². The quantitative estimate of drug-likeness (QED) is 0.765. The monoisotopic (exact) mass is 265 g/mol. The summed E-state index contributed by atoms with van der Waals surface area (Å²) in [5.41, 5.74) is 2.87. The summed E-state index contributed by atoms with van der Waals surface area (Å²) in [7, 11) is 0. The van der Waals surface area contributed by atoms with Crippen LogP contribution in [0.25, 0.3) is 11.0 Å². The molecular weight excluding hydrogens is 250 g/mol. The van der Waals surface area contributed by atoms with Crippen molar-refractivity contribution < 1.29 is 4.79 Å². The van der Waals surface area contributed by atoms with Crippen LogP contribution in [0.1, 0.15) is 24.4 Å². The van der Waals surface area contributed by atoms with Crippen LogP contribution in [-0.4, -0.2) is 15.9 Å². The van der Waals surface area contributed by atoms with Gasteiger partial charge in [0.1, 0.15) is 11.9 Å². The van der Waals surface area contributed by atoms with Gasteiger partial charge in [0.25, 0.3) is 0 Å². The van der Waals surface area contributed by atoms with E-state index in [1.807, 2.05) is 54.6 Å². The number of rotatable bonds is 3. The number of aromatic nitrogens is 2. The molecule has 0 bridgehead atoms. The van der Waals surface area contributed by atoms with E-state index in [-0.39, 0.29) is 11.9 Å². The number of para-hydroxylation sites is 2. The van der Waals surface area contributed by atoms with Crippen LogP contribution in [-0.2, 0) is 4.79 Å². The van der Waals surface area contributed by atoms with Crippen LogP contribution in [0.5, 0.6) is 0 Å². The number of imidazole rings is 1. The minimum absolute atomic E-state index is 0.0840. The molecule has 0 unspecified atom stereocenters. The van der Waals surface area contributed by atoms with Crippen molar-refractivity contribution in [2.75, 3.05) is 0 Å². The first-order valence-electron chi connectivity index (χ1n) is 6.51. The molecule has 20 heavy (non-hydrogen) atoms. The van der Waals surface area contributed by atoms with Crippen molar-refractivity contribution in [3.63, 3.8) is 0 Å². The van der Waals surface area contributed by atoms with Gasteiger partial charge in [-0.2, -0.15) is 0 Å². The molecule has 3 rings (SSSR count). The van der Waals surface area contributed by atoms with Gasteiger partial charge in [0, 0.05) is 6.92 Å². The van der Waals surface area contributed by atoms with Crippen molar-refractivity contribution in [2.45, 2.75) is 13.0 Å². The second kappa shape index (κ2) is 5.17. The smallest absolute Gasteiger partial charge is 0.217 e. The molecule has 1 heterocycles. The summed E-state index contributed by atoms with van der Waals surface area (Å²) in [5, 5.41) is 2.94. The highest BCUT2D eigenvalue weighted by molar-refractivity contribution is 5.76. The predicted molar refractivity (Wildman–Crippen MR) is 78.2 cm³/mol. The van der Waals surface area contributed by atoms with E-state index >= 15 is 0 Å². The Morgan fingerprint density at radius 1 is 1.10 bits per heavy atom. The minimum atomic E-state index is -0.263. The van der Waals surface area contributed by atoms with Crippen molar-refractivity contribution in [2.24, 2.45) is 0 Å². The van der Waals surface area contributed by atoms with Gasteiger partial charge in [0.2, 0.25) is 5.91 Å². The molecular formula is C16H15N3O. The molecule has 100 valence electrons. The summed E-state index contributed by atoms with van der Waals surface area (Å²) < 4.78 is 0. The van der Waals surface area contributed by atoms with E-state index in [0.29, 0.717) is 0 Å². The predicted octanol–water partition coefficient (Wildman–Crippen LogP) is 2.79. The number of aromatic amines is 1. The van der Waals surface area contributed by atoms with E-state index in [1.54, 1.807) is 0 Å². The summed E-state index contributed by atoms with van der Waals surface area (Å²) in [5.74, 6) is 0.659. The number of hydrogen-bond donors (Lipinski definition) is 2. The number of amides is 1. The number of fused-ring (bicyclic) bond motifs is 1. The summed E-state index contributed by atoms with van der Waals surface area (Å²) >= 11 is 0. The molecule has 2 aromatic carbocycles. The molecule has 3 aromatic rings. The Morgan fingerprint density at radius 3 is 2.50 bits per heavy atom. The molecule has 0 aliphatic rings. The van der Waals surface area contributed by atoms with Gasteiger partial charge in [-0.1, -0.05) is 42.5 Å². The molecule has 0 radical (unpaired) electrons. The summed E-state index contributed by atoms with van der Waals surface area (Å²) in [6.45, 7) is 1.51. The largest absolute Gasteiger partial charge is 0.342 e. The Kier molecular flexibility index (Phi) is 3.21. The topological polar surface area (TPSA) is 57.8 Å². The first-order chi connectivity index (χ1) is 9.74. The number of H-pyrrole nitrogens is 1. The van der Waals surface area contributed by atoms with Crippen LogP contribution in [0.15, 0.2) is 54.6 Å². The second-order valence-electron chi connectivity index (χ2n) is 4.68. The number of benzene rings is 2. The zero-order chi connectivity index (χ0) is 13.9. The van der Waals surface area contributed by atoms with Crippen LogP contribution in [0.4, 0.5) is 0 Å². The average molecular weight is 265 g/mol. The maximum atomic E-state index is 11.5. The summed E-state index contributed by atoms with van der Waals surface area (Å²) in [4.78, 5) is 19.3. The third-order valence-corrected chi connectivity index (χ3v) is 3.16. The standard InChI is InChI=1S/C16H15N3O/c1-11(20)17-15(12-7-3-2-4-8-12)16-18-13-9-5-6-10-14(13)19-16/h2-10,15H,1H3,(H,17,20)(H,18,19)/t15-/m1/s1. The van der Waals surface area contributed by atoms with Crippen molar-refractivity contribution in [3.05, 3.63) is 66.0 Å². The highest BCUT2D eigenvalue weighted by Gasteiger charge is 2.18. The molecule has 1 atom stereocenters. The average Bonchev–Trinajstić information content (AvgIpc) is 2.89. The Balaban J connectivity index is 2.06. The number of nitrogens with zero attached hydrogens (tertiary/aromatic N) is 1. The fourth-order valence-electron chi connectivity index (χ4n) is 2.27. The molecule has 0 saturated heterocycles. The highest BCUT2D eigenvalue weighted by Crippen LogP contribution is 2.22. The summed E-state index contributed by atoms with van der Waals surface area (Å²) in [6.07, 6.45) is 0. The molecule has 1 amide bonds. The Labute approximate surface area is 116 Å². The van der Waals surface area contributed by atoms with Gasteiger partial charge in [-0.15, -0.1) is 0 Å². The summed E-state index contributed by atoms with van der Waals surface area (Å²) in [6, 6.07) is 17.4. The zero-order valence-corrected chi connectivity index (χ0v) is 11.1. The van der Waals surface area contributed by atoms with Gasteiger partial charge < -0.3 is 10.3 Å². The fourth-order valence-corrected chi connectivity index (χ4v) is 2.27. The minimum Gasteiger partial charge on any atom is -0.342 e. The van der Waals surface area contributed by atoms with Crippen molar-refractivity contribution in [1.29, 1.82) is 0 Å². The number of nitrogens with one attached hydrogen (secondary N) is 2. The Morgan fingerprint density at radius 2 is 1.80 bits per heavy atom. The highest BCUT2D eigenvalue weighted by atomic mass is 16.1. The van der Waals surface area contributed by atoms with Crippen LogP contribution in [0.2, 0.25) is 0 Å². The van der Waals surface area contributed by atoms with Crippen molar-refractivity contribution >= 4 is 16.9 Å². The first-order valence-corrected chi connectivity index (χ1v) is 6.51. The lowest BCUT2D eigenvalue weighted by atomic mass is 10.1. The van der Waals surface area contributed by atoms with Gasteiger partial charge in [0.15, 0.2) is 0 Å². The number of hydrogen-bond acceptors (Lipinski definition) is 2. The molecule has 0 spiro atoms. The van der Waals surface area contributed by atoms with E-state index in [0.717, 1.165) is 22.4 Å². The van der Waals surface area contributed by atoms with Gasteiger partial charge >= 0.3 is 0 Å². The first kappa shape index (κ1) is 12.4. The maximum absolute atomic E-state index is 11.5. The van der Waals surface area contributed by atoms with Crippen LogP contribution < -0.4 is 5.32 Å². The zero-order valence-electron chi connectivity index (χ0n) is 11.1. The third-order valence-electron chi connectivity index (χ3n) is 3.16. The van der Waals surface area contributed by atoms with Crippen molar-refractivity contribution in [3.8, 4) is 0 Å². The molecule has 4 heteroatoms. The lowest BCUT2D eigenvalue weighted by Gasteiger charge is -2.15. The van der Waals surface area contributed by atoms with Crippen LogP contribution in [0.3, 0.4) is 0 Å². The molecule has 0 fully saturated rings. The fraction of sp³-hybridized carbons (Fsp3) is 0.125. The van der Waals surface area contributed by atoms with E-state index in [9.17, 15) is 4.79 Å². The molecule has 4 nitrogen and oxygen atoms in total. The third kappa shape index (κ3) is 2.40. The molecule has 0 aliphatic carbocycles. The van der Waals surface area contributed by atoms with Crippen molar-refractivity contribution in [1.82, 2.24) is 15.3 Å². The van der Waals surface area contributed by atoms with Crippen LogP contribution >= 0.6 is 0 Å². The molecule has 2 N–H and O–H groups in total. The van der Waals surface area contributed by atoms with Gasteiger partial charge in [-0.05, 0) is 17.7 Å². The van der Waals surface area contributed by atoms with E-state index < -0.39 is 0 Å². The number of carbonyl (C=O) groups excluding carboxylic acids is 1. The SMILES string of the molecule is CC(=O)N[C@H](c1ccccc1)c1nc2ccccc2[nH]1. The maximum Gasteiger partial charge on any atom is 0.217 e. The van der Waals surface area contributed by atoms with E-state index in [4.69, 9.17) is 0 Å². The van der Waals surface area contributed by atoms with Gasteiger partial charge in [-0.25, -0.2) is 4.98 Å². The second-order valence-corrected chi connectivity index (χ2v) is 4.68. The van der Waals surface area contributed by atoms with Crippen LogP contribution in [0, 0.1) is 0 Å². The molecule has 0 aliphatic heterocycles.